The third-order valence-electron chi connectivity index (χ3n) is 1.90. The Kier molecular flexibility index (Phi) is 3.45. The van der Waals surface area contributed by atoms with Crippen LogP contribution in [0.1, 0.15) is 38.1 Å². The third kappa shape index (κ3) is 2.54. The fraction of sp³-hybridized carbons (Fsp3) is 0.667. The molecule has 0 saturated carbocycles. The number of rotatable bonds is 4. The molecule has 0 bridgehead atoms. The number of nitrogens with zero attached hydrogens (tertiary/aromatic N) is 2. The van der Waals surface area contributed by atoms with Gasteiger partial charge in [0, 0.05) is 25.3 Å². The van der Waals surface area contributed by atoms with E-state index in [4.69, 9.17) is 5.11 Å². The summed E-state index contributed by atoms with van der Waals surface area (Å²) in [7, 11) is 0. The molecule has 1 aromatic rings. The Morgan fingerprint density at radius 1 is 1.54 bits per heavy atom. The van der Waals surface area contributed by atoms with Crippen molar-refractivity contribution in [2.75, 3.05) is 6.61 Å². The summed E-state index contributed by atoms with van der Waals surface area (Å²) in [6.45, 7) is 4.03. The van der Waals surface area contributed by atoms with E-state index in [2.05, 4.69) is 5.10 Å². The lowest BCUT2D eigenvalue weighted by atomic mass is 10.2. The van der Waals surface area contributed by atoms with Gasteiger partial charge in [-0.05, 0) is 19.9 Å². The largest absolute Gasteiger partial charge is 0.396 e. The fourth-order valence-corrected chi connectivity index (χ4v) is 1.09. The fourth-order valence-electron chi connectivity index (χ4n) is 1.09. The molecule has 1 aromatic heterocycles. The Morgan fingerprint density at radius 3 is 2.69 bits per heavy atom. The molecular formula is C9H16N2O2. The maximum absolute atomic E-state index is 9.48. The summed E-state index contributed by atoms with van der Waals surface area (Å²) in [6, 6.07) is 2.08. The van der Waals surface area contributed by atoms with Gasteiger partial charge in [-0.15, -0.1) is 0 Å². The van der Waals surface area contributed by atoms with E-state index >= 15 is 0 Å². The van der Waals surface area contributed by atoms with Gasteiger partial charge in [-0.25, -0.2) is 0 Å². The molecule has 1 atom stereocenters. The quantitative estimate of drug-likeness (QED) is 0.730. The molecule has 0 radical (unpaired) electrons. The molecule has 0 unspecified atom stereocenters. The van der Waals surface area contributed by atoms with E-state index in [0.29, 0.717) is 18.2 Å². The lowest BCUT2D eigenvalue weighted by Gasteiger charge is -2.06. The summed E-state index contributed by atoms with van der Waals surface area (Å²) < 4.78 is 1.79. The van der Waals surface area contributed by atoms with Crippen molar-refractivity contribution >= 4 is 0 Å². The molecule has 74 valence electrons. The summed E-state index contributed by atoms with van der Waals surface area (Å²) in [5, 5.41) is 22.3. The summed E-state index contributed by atoms with van der Waals surface area (Å²) in [4.78, 5) is 0. The second-order valence-electron chi connectivity index (χ2n) is 3.34. The minimum absolute atomic E-state index is 0.0181. The summed E-state index contributed by atoms with van der Waals surface area (Å²) >= 11 is 0. The molecule has 0 aromatic carbocycles. The molecule has 0 aliphatic rings. The van der Waals surface area contributed by atoms with E-state index < -0.39 is 6.10 Å². The van der Waals surface area contributed by atoms with Gasteiger partial charge in [0.1, 0.15) is 0 Å². The van der Waals surface area contributed by atoms with Crippen LogP contribution < -0.4 is 0 Å². The lowest BCUT2D eigenvalue weighted by Crippen LogP contribution is -2.05. The lowest BCUT2D eigenvalue weighted by molar-refractivity contribution is 0.129. The Hall–Kier alpha value is -0.870. The minimum Gasteiger partial charge on any atom is -0.396 e. The van der Waals surface area contributed by atoms with E-state index in [1.807, 2.05) is 20.0 Å². The van der Waals surface area contributed by atoms with Crippen LogP contribution >= 0.6 is 0 Å². The van der Waals surface area contributed by atoms with Gasteiger partial charge in [0.2, 0.25) is 0 Å². The summed E-state index contributed by atoms with van der Waals surface area (Å²) in [5.74, 6) is 0. The predicted octanol–water partition coefficient (Wildman–Crippen LogP) is 0.880. The number of aliphatic hydroxyl groups is 2. The normalized spacial score (nSPS) is 13.6. The summed E-state index contributed by atoms with van der Waals surface area (Å²) in [6.07, 6.45) is 1.53. The molecule has 4 heteroatoms. The van der Waals surface area contributed by atoms with Gasteiger partial charge in [0.15, 0.2) is 0 Å². The number of hydrogen-bond acceptors (Lipinski definition) is 3. The van der Waals surface area contributed by atoms with E-state index in [1.165, 1.54) is 0 Å². The molecule has 0 saturated heterocycles. The van der Waals surface area contributed by atoms with Gasteiger partial charge in [-0.2, -0.15) is 5.10 Å². The smallest absolute Gasteiger partial charge is 0.1000 e. The van der Waals surface area contributed by atoms with Crippen LogP contribution in [0.15, 0.2) is 12.3 Å². The molecule has 13 heavy (non-hydrogen) atoms. The van der Waals surface area contributed by atoms with Crippen LogP contribution in [0, 0.1) is 0 Å². The average molecular weight is 184 g/mol. The van der Waals surface area contributed by atoms with Crippen molar-refractivity contribution in [1.29, 1.82) is 0 Å². The predicted molar refractivity (Wildman–Crippen MR) is 49.3 cm³/mol. The highest BCUT2D eigenvalue weighted by molar-refractivity contribution is 5.03. The van der Waals surface area contributed by atoms with Crippen molar-refractivity contribution < 1.29 is 10.2 Å². The van der Waals surface area contributed by atoms with Gasteiger partial charge >= 0.3 is 0 Å². The molecule has 0 amide bonds. The van der Waals surface area contributed by atoms with Gasteiger partial charge < -0.3 is 10.2 Å². The topological polar surface area (TPSA) is 58.3 Å². The van der Waals surface area contributed by atoms with Crippen LogP contribution in [-0.4, -0.2) is 26.6 Å². The first kappa shape index (κ1) is 10.2. The first-order valence-corrected chi connectivity index (χ1v) is 4.49. The summed E-state index contributed by atoms with van der Waals surface area (Å²) in [5.41, 5.74) is 0.628. The van der Waals surface area contributed by atoms with Crippen molar-refractivity contribution in [1.82, 2.24) is 9.78 Å². The number of hydrogen-bond donors (Lipinski definition) is 2. The Balaban J connectivity index is 2.67. The first-order valence-electron chi connectivity index (χ1n) is 4.49. The van der Waals surface area contributed by atoms with Crippen molar-refractivity contribution in [3.63, 3.8) is 0 Å². The van der Waals surface area contributed by atoms with Crippen LogP contribution in [0.3, 0.4) is 0 Å². The van der Waals surface area contributed by atoms with Crippen LogP contribution in [0.2, 0.25) is 0 Å². The molecule has 2 N–H and O–H groups in total. The van der Waals surface area contributed by atoms with E-state index in [1.54, 1.807) is 10.7 Å². The van der Waals surface area contributed by atoms with Crippen molar-refractivity contribution in [3.8, 4) is 0 Å². The second kappa shape index (κ2) is 4.39. The zero-order valence-corrected chi connectivity index (χ0v) is 8.01. The number of aromatic nitrogens is 2. The highest BCUT2D eigenvalue weighted by Gasteiger charge is 2.10. The van der Waals surface area contributed by atoms with E-state index in [9.17, 15) is 5.11 Å². The highest BCUT2D eigenvalue weighted by atomic mass is 16.3. The van der Waals surface area contributed by atoms with Crippen LogP contribution in [-0.2, 0) is 0 Å². The van der Waals surface area contributed by atoms with Gasteiger partial charge in [0.05, 0.1) is 11.8 Å². The Bertz CT molecular complexity index is 258. The molecule has 1 rings (SSSR count). The van der Waals surface area contributed by atoms with E-state index in [0.717, 1.165) is 0 Å². The Morgan fingerprint density at radius 2 is 2.23 bits per heavy atom. The van der Waals surface area contributed by atoms with Crippen LogP contribution in [0.25, 0.3) is 0 Å². The molecule has 0 aliphatic carbocycles. The highest BCUT2D eigenvalue weighted by Crippen LogP contribution is 2.14. The monoisotopic (exact) mass is 184 g/mol. The van der Waals surface area contributed by atoms with Crippen LogP contribution in [0.5, 0.6) is 0 Å². The zero-order valence-electron chi connectivity index (χ0n) is 8.01. The molecule has 0 spiro atoms. The zero-order chi connectivity index (χ0) is 9.84. The average Bonchev–Trinajstić information content (AvgIpc) is 2.52. The van der Waals surface area contributed by atoms with E-state index in [-0.39, 0.29) is 6.61 Å². The maximum atomic E-state index is 9.48. The van der Waals surface area contributed by atoms with Gasteiger partial charge in [0.25, 0.3) is 0 Å². The second-order valence-corrected chi connectivity index (χ2v) is 3.34. The first-order chi connectivity index (χ1) is 6.15. The van der Waals surface area contributed by atoms with Crippen molar-refractivity contribution in [2.45, 2.75) is 32.4 Å². The van der Waals surface area contributed by atoms with Crippen molar-refractivity contribution in [2.24, 2.45) is 0 Å². The molecule has 1 heterocycles. The minimum atomic E-state index is -0.648. The molecule has 4 nitrogen and oxygen atoms in total. The third-order valence-corrected chi connectivity index (χ3v) is 1.90. The van der Waals surface area contributed by atoms with Gasteiger partial charge in [-0.3, -0.25) is 4.68 Å². The molecule has 0 fully saturated rings. The standard InChI is InChI=1S/C9H16N2O2/c1-7(2)11-5-3-8(10-11)9(13)4-6-12/h3,5,7,9,12-13H,4,6H2,1-2H3/t9-/m1/s1. The number of aliphatic hydroxyl groups excluding tert-OH is 2. The van der Waals surface area contributed by atoms with Crippen molar-refractivity contribution in [3.05, 3.63) is 18.0 Å². The Labute approximate surface area is 77.8 Å². The molecular weight excluding hydrogens is 168 g/mol. The van der Waals surface area contributed by atoms with Crippen LogP contribution in [0.4, 0.5) is 0 Å². The SMILES string of the molecule is CC(C)n1ccc([C@H](O)CCO)n1. The van der Waals surface area contributed by atoms with Gasteiger partial charge in [-0.1, -0.05) is 0 Å². The maximum Gasteiger partial charge on any atom is 0.1000 e. The molecule has 0 aliphatic heterocycles.